The summed E-state index contributed by atoms with van der Waals surface area (Å²) in [5, 5.41) is 1.03. The van der Waals surface area contributed by atoms with Crippen molar-refractivity contribution in [2.45, 2.75) is 31.6 Å². The average Bonchev–Trinajstić information content (AvgIpc) is 2.96. The van der Waals surface area contributed by atoms with Crippen molar-refractivity contribution >= 4 is 39.1 Å². The van der Waals surface area contributed by atoms with Crippen LogP contribution in [0.2, 0.25) is 10.0 Å². The standard InChI is InChI=1S/C15H13BrCl2N2O/c16-12-13(8-3-1-2-4-8)19-14(20-15(12)21)10-6-5-9(17)7-11(10)18/h5-8H,1-4H2,(H,19,20,21). The highest BCUT2D eigenvalue weighted by Gasteiger charge is 2.23. The molecule has 0 unspecified atom stereocenters. The van der Waals surface area contributed by atoms with Crippen LogP contribution in [0.5, 0.6) is 0 Å². The number of aromatic amines is 1. The van der Waals surface area contributed by atoms with E-state index in [1.165, 1.54) is 12.8 Å². The predicted octanol–water partition coefficient (Wildman–Crippen LogP) is 5.16. The summed E-state index contributed by atoms with van der Waals surface area (Å²) >= 11 is 15.5. The van der Waals surface area contributed by atoms with Crippen LogP contribution < -0.4 is 5.56 Å². The first-order valence-electron chi connectivity index (χ1n) is 6.81. The number of hydrogen-bond donors (Lipinski definition) is 1. The van der Waals surface area contributed by atoms with Crippen molar-refractivity contribution in [2.24, 2.45) is 0 Å². The molecule has 3 rings (SSSR count). The Morgan fingerprint density at radius 2 is 1.95 bits per heavy atom. The van der Waals surface area contributed by atoms with Crippen LogP contribution >= 0.6 is 39.1 Å². The Kier molecular flexibility index (Phi) is 4.38. The van der Waals surface area contributed by atoms with Gasteiger partial charge in [0.1, 0.15) is 10.3 Å². The van der Waals surface area contributed by atoms with Gasteiger partial charge in [-0.3, -0.25) is 4.79 Å². The Bertz CT molecular complexity index is 739. The average molecular weight is 388 g/mol. The number of hydrogen-bond acceptors (Lipinski definition) is 2. The first-order valence-corrected chi connectivity index (χ1v) is 8.36. The first kappa shape index (κ1) is 15.1. The van der Waals surface area contributed by atoms with Crippen molar-refractivity contribution in [3.63, 3.8) is 0 Å². The molecule has 1 aromatic heterocycles. The van der Waals surface area contributed by atoms with Gasteiger partial charge in [0.25, 0.3) is 5.56 Å². The van der Waals surface area contributed by atoms with Gasteiger partial charge in [-0.05, 0) is 47.0 Å². The van der Waals surface area contributed by atoms with E-state index in [0.29, 0.717) is 31.8 Å². The number of nitrogens with zero attached hydrogens (tertiary/aromatic N) is 1. The van der Waals surface area contributed by atoms with E-state index in [0.717, 1.165) is 18.5 Å². The molecule has 1 aliphatic carbocycles. The highest BCUT2D eigenvalue weighted by molar-refractivity contribution is 9.10. The number of H-pyrrole nitrogens is 1. The maximum absolute atomic E-state index is 12.2. The van der Waals surface area contributed by atoms with Gasteiger partial charge in [0, 0.05) is 16.5 Å². The second-order valence-electron chi connectivity index (χ2n) is 5.22. The fraction of sp³-hybridized carbons (Fsp3) is 0.333. The number of aromatic nitrogens is 2. The number of nitrogens with one attached hydrogen (secondary N) is 1. The van der Waals surface area contributed by atoms with E-state index in [-0.39, 0.29) is 5.56 Å². The van der Waals surface area contributed by atoms with Crippen molar-refractivity contribution in [2.75, 3.05) is 0 Å². The first-order chi connectivity index (χ1) is 10.1. The van der Waals surface area contributed by atoms with Crippen molar-refractivity contribution < 1.29 is 0 Å². The van der Waals surface area contributed by atoms with Gasteiger partial charge in [-0.25, -0.2) is 4.98 Å². The van der Waals surface area contributed by atoms with Gasteiger partial charge >= 0.3 is 0 Å². The van der Waals surface area contributed by atoms with Crippen LogP contribution in [0, 0.1) is 0 Å². The molecule has 0 aliphatic heterocycles. The molecule has 0 bridgehead atoms. The molecule has 1 N–H and O–H groups in total. The van der Waals surface area contributed by atoms with Crippen LogP contribution in [-0.4, -0.2) is 9.97 Å². The fourth-order valence-corrected chi connectivity index (χ4v) is 3.76. The van der Waals surface area contributed by atoms with Crippen LogP contribution in [0.1, 0.15) is 37.3 Å². The van der Waals surface area contributed by atoms with E-state index >= 15 is 0 Å². The molecule has 21 heavy (non-hydrogen) atoms. The van der Waals surface area contributed by atoms with E-state index in [1.807, 2.05) is 0 Å². The second kappa shape index (κ2) is 6.11. The third-order valence-electron chi connectivity index (χ3n) is 3.82. The molecule has 0 radical (unpaired) electrons. The maximum atomic E-state index is 12.2. The summed E-state index contributed by atoms with van der Waals surface area (Å²) in [5.74, 6) is 0.832. The van der Waals surface area contributed by atoms with Crippen molar-refractivity contribution in [1.82, 2.24) is 9.97 Å². The summed E-state index contributed by atoms with van der Waals surface area (Å²) in [7, 11) is 0. The lowest BCUT2D eigenvalue weighted by molar-refractivity contribution is 0.688. The maximum Gasteiger partial charge on any atom is 0.265 e. The SMILES string of the molecule is O=c1[nH]c(-c2ccc(Cl)cc2Cl)nc(C2CCCC2)c1Br. The van der Waals surface area contributed by atoms with E-state index in [2.05, 4.69) is 25.9 Å². The van der Waals surface area contributed by atoms with Gasteiger partial charge in [0.05, 0.1) is 10.7 Å². The minimum Gasteiger partial charge on any atom is -0.305 e. The third kappa shape index (κ3) is 3.03. The lowest BCUT2D eigenvalue weighted by Crippen LogP contribution is -2.15. The zero-order valence-corrected chi connectivity index (χ0v) is 14.2. The minimum absolute atomic E-state index is 0.173. The molecule has 1 fully saturated rings. The molecule has 1 aromatic carbocycles. The van der Waals surface area contributed by atoms with Gasteiger partial charge in [-0.15, -0.1) is 0 Å². The van der Waals surface area contributed by atoms with Crippen molar-refractivity contribution in [1.29, 1.82) is 0 Å². The predicted molar refractivity (Wildman–Crippen MR) is 89.2 cm³/mol. The topological polar surface area (TPSA) is 45.8 Å². The Balaban J connectivity index is 2.13. The summed E-state index contributed by atoms with van der Waals surface area (Å²) in [6, 6.07) is 5.16. The van der Waals surface area contributed by atoms with Gasteiger partial charge in [0.15, 0.2) is 0 Å². The molecule has 1 heterocycles. The Labute approximate surface area is 140 Å². The molecule has 0 amide bonds. The Morgan fingerprint density at radius 1 is 1.24 bits per heavy atom. The molecule has 0 saturated heterocycles. The lowest BCUT2D eigenvalue weighted by Gasteiger charge is -2.12. The van der Waals surface area contributed by atoms with E-state index in [1.54, 1.807) is 18.2 Å². The Hall–Kier alpha value is -0.840. The van der Waals surface area contributed by atoms with Crippen molar-refractivity contribution in [3.8, 4) is 11.4 Å². The quantitative estimate of drug-likeness (QED) is 0.772. The van der Waals surface area contributed by atoms with Gasteiger partial charge < -0.3 is 4.98 Å². The summed E-state index contributed by atoms with van der Waals surface area (Å²) in [6.45, 7) is 0. The molecule has 1 aliphatic rings. The van der Waals surface area contributed by atoms with Crippen LogP contribution in [-0.2, 0) is 0 Å². The van der Waals surface area contributed by atoms with Gasteiger partial charge in [-0.2, -0.15) is 0 Å². The zero-order chi connectivity index (χ0) is 15.0. The molecule has 0 atom stereocenters. The fourth-order valence-electron chi connectivity index (χ4n) is 2.76. The largest absolute Gasteiger partial charge is 0.305 e. The van der Waals surface area contributed by atoms with Crippen LogP contribution in [0.25, 0.3) is 11.4 Å². The summed E-state index contributed by atoms with van der Waals surface area (Å²) in [5.41, 5.74) is 1.34. The molecule has 6 heteroatoms. The molecule has 1 saturated carbocycles. The molecular formula is C15H13BrCl2N2O. The van der Waals surface area contributed by atoms with Crippen molar-refractivity contribution in [3.05, 3.63) is 48.8 Å². The zero-order valence-electron chi connectivity index (χ0n) is 11.1. The van der Waals surface area contributed by atoms with Gasteiger partial charge in [0.2, 0.25) is 0 Å². The highest BCUT2D eigenvalue weighted by Crippen LogP contribution is 2.36. The van der Waals surface area contributed by atoms with E-state index in [4.69, 9.17) is 23.2 Å². The second-order valence-corrected chi connectivity index (χ2v) is 6.86. The summed E-state index contributed by atoms with van der Waals surface area (Å²) in [6.07, 6.45) is 4.51. The molecule has 3 nitrogen and oxygen atoms in total. The normalized spacial score (nSPS) is 15.6. The van der Waals surface area contributed by atoms with Gasteiger partial charge in [-0.1, -0.05) is 36.0 Å². The number of rotatable bonds is 2. The molecule has 2 aromatic rings. The summed E-state index contributed by atoms with van der Waals surface area (Å²) in [4.78, 5) is 19.6. The molecule has 0 spiro atoms. The lowest BCUT2D eigenvalue weighted by atomic mass is 10.0. The number of benzene rings is 1. The monoisotopic (exact) mass is 386 g/mol. The minimum atomic E-state index is -0.173. The molecular weight excluding hydrogens is 375 g/mol. The molecule has 110 valence electrons. The Morgan fingerprint density at radius 3 is 2.62 bits per heavy atom. The third-order valence-corrected chi connectivity index (χ3v) is 5.13. The number of halogens is 3. The smallest absolute Gasteiger partial charge is 0.265 e. The van der Waals surface area contributed by atoms with Crippen LogP contribution in [0.15, 0.2) is 27.5 Å². The summed E-state index contributed by atoms with van der Waals surface area (Å²) < 4.78 is 0.531. The highest BCUT2D eigenvalue weighted by atomic mass is 79.9. The van der Waals surface area contributed by atoms with Crippen LogP contribution in [0.4, 0.5) is 0 Å². The van der Waals surface area contributed by atoms with Crippen LogP contribution in [0.3, 0.4) is 0 Å². The van der Waals surface area contributed by atoms with E-state index in [9.17, 15) is 4.79 Å². The van der Waals surface area contributed by atoms with E-state index < -0.39 is 0 Å².